The van der Waals surface area contributed by atoms with Gasteiger partial charge in [-0.25, -0.2) is 0 Å². The minimum atomic E-state index is -4.39. The van der Waals surface area contributed by atoms with Crippen molar-refractivity contribution in [1.29, 1.82) is 0 Å². The SMILES string of the molecule is COc1ccc(CC(=O)c2ccc(C(F)(F)F)cc2)cc1. The molecule has 0 bridgehead atoms. The number of methoxy groups -OCH3 is 1. The van der Waals surface area contributed by atoms with Crippen molar-refractivity contribution in [3.05, 3.63) is 65.2 Å². The van der Waals surface area contributed by atoms with Crippen LogP contribution >= 0.6 is 0 Å². The Hall–Kier alpha value is -2.30. The van der Waals surface area contributed by atoms with Gasteiger partial charge >= 0.3 is 6.18 Å². The zero-order chi connectivity index (χ0) is 15.5. The second-order valence-electron chi connectivity index (χ2n) is 4.52. The number of hydrogen-bond donors (Lipinski definition) is 0. The zero-order valence-electron chi connectivity index (χ0n) is 11.3. The molecule has 2 rings (SSSR count). The first-order valence-corrected chi connectivity index (χ1v) is 6.23. The van der Waals surface area contributed by atoms with Crippen LogP contribution < -0.4 is 4.74 Å². The Bertz CT molecular complexity index is 613. The molecule has 21 heavy (non-hydrogen) atoms. The van der Waals surface area contributed by atoms with Gasteiger partial charge in [0.2, 0.25) is 0 Å². The average molecular weight is 294 g/mol. The normalized spacial score (nSPS) is 11.2. The number of Topliss-reactive ketones (excluding diaryl/α,β-unsaturated/α-hetero) is 1. The fourth-order valence-corrected chi connectivity index (χ4v) is 1.88. The third-order valence-electron chi connectivity index (χ3n) is 3.06. The van der Waals surface area contributed by atoms with E-state index in [-0.39, 0.29) is 17.8 Å². The van der Waals surface area contributed by atoms with Crippen molar-refractivity contribution in [1.82, 2.24) is 0 Å². The second-order valence-corrected chi connectivity index (χ2v) is 4.52. The Morgan fingerprint density at radius 2 is 1.57 bits per heavy atom. The Labute approximate surface area is 120 Å². The lowest BCUT2D eigenvalue weighted by atomic mass is 10.0. The molecule has 0 radical (unpaired) electrons. The first-order chi connectivity index (χ1) is 9.90. The van der Waals surface area contributed by atoms with E-state index >= 15 is 0 Å². The molecular formula is C16H13F3O2. The molecule has 0 amide bonds. The number of benzene rings is 2. The van der Waals surface area contributed by atoms with Gasteiger partial charge in [-0.05, 0) is 29.8 Å². The molecule has 0 saturated carbocycles. The number of halogens is 3. The number of carbonyl (C=O) groups excluding carboxylic acids is 1. The molecule has 2 aromatic carbocycles. The van der Waals surface area contributed by atoms with Crippen LogP contribution in [0, 0.1) is 0 Å². The summed E-state index contributed by atoms with van der Waals surface area (Å²) in [5.74, 6) is 0.453. The van der Waals surface area contributed by atoms with Gasteiger partial charge in [-0.3, -0.25) is 4.79 Å². The van der Waals surface area contributed by atoms with E-state index < -0.39 is 11.7 Å². The van der Waals surface area contributed by atoms with Gasteiger partial charge in [0.1, 0.15) is 5.75 Å². The predicted octanol–water partition coefficient (Wildman–Crippen LogP) is 4.14. The van der Waals surface area contributed by atoms with Crippen LogP contribution in [0.3, 0.4) is 0 Å². The summed E-state index contributed by atoms with van der Waals surface area (Å²) in [4.78, 5) is 12.0. The predicted molar refractivity (Wildman–Crippen MR) is 72.5 cm³/mol. The summed E-state index contributed by atoms with van der Waals surface area (Å²) in [6.45, 7) is 0. The van der Waals surface area contributed by atoms with E-state index in [4.69, 9.17) is 4.74 Å². The Morgan fingerprint density at radius 3 is 2.05 bits per heavy atom. The quantitative estimate of drug-likeness (QED) is 0.792. The molecule has 0 aliphatic rings. The number of ketones is 1. The Morgan fingerprint density at radius 1 is 1.00 bits per heavy atom. The first-order valence-electron chi connectivity index (χ1n) is 6.23. The highest BCUT2D eigenvalue weighted by molar-refractivity contribution is 5.97. The fourth-order valence-electron chi connectivity index (χ4n) is 1.88. The molecule has 110 valence electrons. The van der Waals surface area contributed by atoms with Crippen LogP contribution in [0.1, 0.15) is 21.5 Å². The van der Waals surface area contributed by atoms with E-state index in [0.717, 1.165) is 17.7 Å². The highest BCUT2D eigenvalue weighted by atomic mass is 19.4. The Kier molecular flexibility index (Phi) is 4.31. The van der Waals surface area contributed by atoms with Crippen molar-refractivity contribution in [2.45, 2.75) is 12.6 Å². The zero-order valence-corrected chi connectivity index (χ0v) is 11.3. The van der Waals surface area contributed by atoms with Crippen molar-refractivity contribution in [2.75, 3.05) is 7.11 Å². The second kappa shape index (κ2) is 5.99. The first kappa shape index (κ1) is 15.1. The van der Waals surface area contributed by atoms with Crippen LogP contribution in [0.2, 0.25) is 0 Å². The van der Waals surface area contributed by atoms with E-state index in [2.05, 4.69) is 0 Å². The van der Waals surface area contributed by atoms with Gasteiger partial charge in [0.25, 0.3) is 0 Å². The number of ether oxygens (including phenoxy) is 1. The average Bonchev–Trinajstić information content (AvgIpc) is 2.47. The summed E-state index contributed by atoms with van der Waals surface area (Å²) in [5.41, 5.74) is 0.281. The number of rotatable bonds is 4. The lowest BCUT2D eigenvalue weighted by Gasteiger charge is -2.07. The van der Waals surface area contributed by atoms with Crippen molar-refractivity contribution in [3.8, 4) is 5.75 Å². The van der Waals surface area contributed by atoms with Gasteiger partial charge in [-0.15, -0.1) is 0 Å². The molecule has 0 aliphatic carbocycles. The minimum absolute atomic E-state index is 0.134. The summed E-state index contributed by atoms with van der Waals surface area (Å²) >= 11 is 0. The highest BCUT2D eigenvalue weighted by Crippen LogP contribution is 2.29. The smallest absolute Gasteiger partial charge is 0.416 e. The maximum absolute atomic E-state index is 12.4. The molecule has 0 spiro atoms. The van der Waals surface area contributed by atoms with E-state index in [1.807, 2.05) is 0 Å². The van der Waals surface area contributed by atoms with Crippen LogP contribution in [0.15, 0.2) is 48.5 Å². The van der Waals surface area contributed by atoms with Crippen molar-refractivity contribution in [3.63, 3.8) is 0 Å². The van der Waals surface area contributed by atoms with Crippen LogP contribution in [-0.4, -0.2) is 12.9 Å². The minimum Gasteiger partial charge on any atom is -0.497 e. The monoisotopic (exact) mass is 294 g/mol. The number of alkyl halides is 3. The molecule has 0 heterocycles. The number of carbonyl (C=O) groups is 1. The van der Waals surface area contributed by atoms with Gasteiger partial charge in [0, 0.05) is 12.0 Å². The highest BCUT2D eigenvalue weighted by Gasteiger charge is 2.30. The summed E-state index contributed by atoms with van der Waals surface area (Å²) in [5, 5.41) is 0. The van der Waals surface area contributed by atoms with E-state index in [1.165, 1.54) is 12.1 Å². The van der Waals surface area contributed by atoms with E-state index in [9.17, 15) is 18.0 Å². The van der Waals surface area contributed by atoms with Gasteiger partial charge in [-0.2, -0.15) is 13.2 Å². The summed E-state index contributed by atoms with van der Waals surface area (Å²) in [6, 6.07) is 11.2. The third-order valence-corrected chi connectivity index (χ3v) is 3.06. The maximum atomic E-state index is 12.4. The van der Waals surface area contributed by atoms with Crippen LogP contribution in [0.25, 0.3) is 0 Å². The van der Waals surface area contributed by atoms with Gasteiger partial charge in [0.15, 0.2) is 5.78 Å². The molecule has 0 fully saturated rings. The van der Waals surface area contributed by atoms with Gasteiger partial charge < -0.3 is 4.74 Å². The summed E-state index contributed by atoms with van der Waals surface area (Å²) in [7, 11) is 1.54. The molecule has 0 saturated heterocycles. The third kappa shape index (κ3) is 3.84. The topological polar surface area (TPSA) is 26.3 Å². The standard InChI is InChI=1S/C16H13F3O2/c1-21-14-8-2-11(3-9-14)10-15(20)12-4-6-13(7-5-12)16(17,18)19/h2-9H,10H2,1H3. The fraction of sp³-hybridized carbons (Fsp3) is 0.188. The van der Waals surface area contributed by atoms with Crippen LogP contribution in [-0.2, 0) is 12.6 Å². The van der Waals surface area contributed by atoms with Crippen molar-refractivity contribution < 1.29 is 22.7 Å². The van der Waals surface area contributed by atoms with Gasteiger partial charge in [-0.1, -0.05) is 24.3 Å². The van der Waals surface area contributed by atoms with E-state index in [0.29, 0.717) is 5.75 Å². The summed E-state index contributed by atoms with van der Waals surface area (Å²) in [6.07, 6.45) is -4.26. The van der Waals surface area contributed by atoms with Crippen LogP contribution in [0.5, 0.6) is 5.75 Å². The van der Waals surface area contributed by atoms with Crippen LogP contribution in [0.4, 0.5) is 13.2 Å². The number of hydrogen-bond acceptors (Lipinski definition) is 2. The van der Waals surface area contributed by atoms with E-state index in [1.54, 1.807) is 31.4 Å². The molecule has 0 unspecified atom stereocenters. The lowest BCUT2D eigenvalue weighted by molar-refractivity contribution is -0.137. The van der Waals surface area contributed by atoms with Crippen molar-refractivity contribution >= 4 is 5.78 Å². The molecule has 2 nitrogen and oxygen atoms in total. The lowest BCUT2D eigenvalue weighted by Crippen LogP contribution is -2.07. The molecule has 0 N–H and O–H groups in total. The largest absolute Gasteiger partial charge is 0.497 e. The van der Waals surface area contributed by atoms with Crippen molar-refractivity contribution in [2.24, 2.45) is 0 Å². The molecule has 0 atom stereocenters. The molecule has 0 aromatic heterocycles. The summed E-state index contributed by atoms with van der Waals surface area (Å²) < 4.78 is 42.3. The Balaban J connectivity index is 2.09. The molecule has 0 aliphatic heterocycles. The molecule has 2 aromatic rings. The van der Waals surface area contributed by atoms with Gasteiger partial charge in [0.05, 0.1) is 12.7 Å². The maximum Gasteiger partial charge on any atom is 0.416 e. The molecule has 5 heteroatoms. The molecular weight excluding hydrogens is 281 g/mol.